The summed E-state index contributed by atoms with van der Waals surface area (Å²) in [6.45, 7) is 0. The smallest absolute Gasteiger partial charge is 0.155 e. The first-order valence-corrected chi connectivity index (χ1v) is 5.87. The van der Waals surface area contributed by atoms with Crippen LogP contribution in [0.15, 0.2) is 42.6 Å². The Morgan fingerprint density at radius 2 is 1.80 bits per heavy atom. The Labute approximate surface area is 113 Å². The Kier molecular flexibility index (Phi) is 2.90. The zero-order valence-electron chi connectivity index (χ0n) is 10.3. The molecule has 0 spiro atoms. The van der Waals surface area contributed by atoms with Crippen LogP contribution in [0, 0.1) is 11.6 Å². The summed E-state index contributed by atoms with van der Waals surface area (Å²) in [6.07, 6.45) is 1.61. The molecule has 0 saturated heterocycles. The lowest BCUT2D eigenvalue weighted by atomic mass is 10.0. The van der Waals surface area contributed by atoms with Gasteiger partial charge < -0.3 is 5.73 Å². The van der Waals surface area contributed by atoms with E-state index in [-0.39, 0.29) is 5.82 Å². The molecule has 4 nitrogen and oxygen atoms in total. The van der Waals surface area contributed by atoms with Crippen molar-refractivity contribution in [3.63, 3.8) is 0 Å². The summed E-state index contributed by atoms with van der Waals surface area (Å²) < 4.78 is 26.7. The van der Waals surface area contributed by atoms with Crippen LogP contribution in [-0.4, -0.2) is 15.2 Å². The number of benzene rings is 1. The molecule has 20 heavy (non-hydrogen) atoms. The van der Waals surface area contributed by atoms with Crippen LogP contribution in [0.3, 0.4) is 0 Å². The average Bonchev–Trinajstić information content (AvgIpc) is 2.80. The van der Waals surface area contributed by atoms with Gasteiger partial charge in [0.2, 0.25) is 0 Å². The third-order valence-electron chi connectivity index (χ3n) is 2.87. The van der Waals surface area contributed by atoms with Crippen LogP contribution in [0.2, 0.25) is 0 Å². The first-order chi connectivity index (χ1) is 9.65. The number of pyridine rings is 1. The van der Waals surface area contributed by atoms with Gasteiger partial charge in [0.1, 0.15) is 11.6 Å². The second-order valence-corrected chi connectivity index (χ2v) is 4.23. The number of halogens is 2. The minimum absolute atomic E-state index is 0.225. The quantitative estimate of drug-likeness (QED) is 0.753. The lowest BCUT2D eigenvalue weighted by molar-refractivity contribution is 0.584. The third-order valence-corrected chi connectivity index (χ3v) is 2.87. The molecule has 2 heterocycles. The topological polar surface area (TPSA) is 67.6 Å². The fraction of sp³-hybridized carbons (Fsp3) is 0. The summed E-state index contributed by atoms with van der Waals surface area (Å²) in [5.74, 6) is -1.11. The number of aromatic amines is 1. The summed E-state index contributed by atoms with van der Waals surface area (Å²) in [5.41, 5.74) is 7.68. The van der Waals surface area contributed by atoms with E-state index in [2.05, 4.69) is 15.2 Å². The summed E-state index contributed by atoms with van der Waals surface area (Å²) in [4.78, 5) is 4.19. The van der Waals surface area contributed by atoms with Gasteiger partial charge in [-0.3, -0.25) is 10.1 Å². The molecule has 0 saturated carbocycles. The van der Waals surface area contributed by atoms with Crippen LogP contribution >= 0.6 is 0 Å². The number of rotatable bonds is 2. The van der Waals surface area contributed by atoms with Crippen LogP contribution in [-0.2, 0) is 0 Å². The Hall–Kier alpha value is -2.76. The van der Waals surface area contributed by atoms with Crippen molar-refractivity contribution in [3.05, 3.63) is 54.2 Å². The molecule has 0 atom stereocenters. The molecule has 0 aliphatic rings. The highest BCUT2D eigenvalue weighted by atomic mass is 19.1. The van der Waals surface area contributed by atoms with Crippen LogP contribution in [0.5, 0.6) is 0 Å². The summed E-state index contributed by atoms with van der Waals surface area (Å²) in [6, 6.07) is 8.54. The molecule has 100 valence electrons. The number of aromatic nitrogens is 3. The highest BCUT2D eigenvalue weighted by Gasteiger charge is 2.16. The minimum atomic E-state index is -0.667. The molecule has 0 fully saturated rings. The van der Waals surface area contributed by atoms with E-state index in [0.717, 1.165) is 6.07 Å². The Balaban J connectivity index is 2.21. The number of nitrogens with two attached hydrogens (primary N) is 1. The molecule has 0 aliphatic carbocycles. The molecule has 3 N–H and O–H groups in total. The van der Waals surface area contributed by atoms with Crippen LogP contribution in [0.25, 0.3) is 22.5 Å². The van der Waals surface area contributed by atoms with E-state index in [0.29, 0.717) is 22.5 Å². The van der Waals surface area contributed by atoms with Crippen molar-refractivity contribution in [2.24, 2.45) is 0 Å². The van der Waals surface area contributed by atoms with Gasteiger partial charge in [-0.05, 0) is 24.3 Å². The predicted molar refractivity (Wildman–Crippen MR) is 71.6 cm³/mol. The summed E-state index contributed by atoms with van der Waals surface area (Å²) in [5, 5.41) is 6.59. The van der Waals surface area contributed by atoms with E-state index < -0.39 is 11.6 Å². The molecule has 3 rings (SSSR count). The van der Waals surface area contributed by atoms with Gasteiger partial charge in [-0.15, -0.1) is 0 Å². The fourth-order valence-electron chi connectivity index (χ4n) is 2.03. The number of hydrogen-bond acceptors (Lipinski definition) is 3. The van der Waals surface area contributed by atoms with Gasteiger partial charge in [0, 0.05) is 17.8 Å². The number of nitrogens with zero attached hydrogens (tertiary/aromatic N) is 2. The second-order valence-electron chi connectivity index (χ2n) is 4.23. The normalized spacial score (nSPS) is 10.7. The van der Waals surface area contributed by atoms with Crippen molar-refractivity contribution in [1.29, 1.82) is 0 Å². The van der Waals surface area contributed by atoms with E-state index in [1.165, 1.54) is 12.1 Å². The Bertz CT molecular complexity index is 733. The molecule has 0 amide bonds. The first kappa shape index (κ1) is 12.3. The predicted octanol–water partition coefficient (Wildman–Crippen LogP) is 3.00. The van der Waals surface area contributed by atoms with Gasteiger partial charge >= 0.3 is 0 Å². The van der Waals surface area contributed by atoms with Crippen LogP contribution in [0.1, 0.15) is 0 Å². The van der Waals surface area contributed by atoms with E-state index >= 15 is 0 Å². The molecule has 6 heteroatoms. The van der Waals surface area contributed by atoms with Crippen molar-refractivity contribution in [1.82, 2.24) is 15.2 Å². The third kappa shape index (κ3) is 2.11. The molecule has 1 aromatic carbocycles. The molecule has 3 aromatic rings. The SMILES string of the molecule is Nc1n[nH]c(-c2cc(F)cc(F)c2)c1-c1ccccn1. The number of nitrogen functional groups attached to an aromatic ring is 1. The average molecular weight is 272 g/mol. The van der Waals surface area contributed by atoms with Gasteiger partial charge in [0.05, 0.1) is 17.0 Å². The van der Waals surface area contributed by atoms with E-state index in [1.807, 2.05) is 0 Å². The van der Waals surface area contributed by atoms with Crippen molar-refractivity contribution in [2.45, 2.75) is 0 Å². The maximum Gasteiger partial charge on any atom is 0.155 e. The van der Waals surface area contributed by atoms with Crippen molar-refractivity contribution < 1.29 is 8.78 Å². The lowest BCUT2D eigenvalue weighted by Crippen LogP contribution is -1.91. The highest BCUT2D eigenvalue weighted by molar-refractivity contribution is 5.86. The number of hydrogen-bond donors (Lipinski definition) is 2. The number of nitrogens with one attached hydrogen (secondary N) is 1. The lowest BCUT2D eigenvalue weighted by Gasteiger charge is -2.04. The van der Waals surface area contributed by atoms with Gasteiger partial charge in [0.25, 0.3) is 0 Å². The molecule has 0 unspecified atom stereocenters. The standard InChI is InChI=1S/C14H10F2N4/c15-9-5-8(6-10(16)7-9)13-12(14(17)20-19-13)11-3-1-2-4-18-11/h1-7H,(H3,17,19,20). The number of anilines is 1. The molecule has 0 aliphatic heterocycles. The maximum atomic E-state index is 13.3. The minimum Gasteiger partial charge on any atom is -0.382 e. The van der Waals surface area contributed by atoms with Crippen LogP contribution in [0.4, 0.5) is 14.6 Å². The van der Waals surface area contributed by atoms with Gasteiger partial charge in [0.15, 0.2) is 5.82 Å². The van der Waals surface area contributed by atoms with E-state index in [9.17, 15) is 8.78 Å². The first-order valence-electron chi connectivity index (χ1n) is 5.87. The maximum absolute atomic E-state index is 13.3. The molecular formula is C14H10F2N4. The van der Waals surface area contributed by atoms with Gasteiger partial charge in [-0.2, -0.15) is 5.10 Å². The zero-order chi connectivity index (χ0) is 14.1. The Morgan fingerprint density at radius 3 is 2.45 bits per heavy atom. The second kappa shape index (κ2) is 4.73. The zero-order valence-corrected chi connectivity index (χ0v) is 10.3. The van der Waals surface area contributed by atoms with Crippen molar-refractivity contribution in [3.8, 4) is 22.5 Å². The largest absolute Gasteiger partial charge is 0.382 e. The summed E-state index contributed by atoms with van der Waals surface area (Å²) in [7, 11) is 0. The van der Waals surface area contributed by atoms with Gasteiger partial charge in [-0.25, -0.2) is 8.78 Å². The highest BCUT2D eigenvalue weighted by Crippen LogP contribution is 2.33. The fourth-order valence-corrected chi connectivity index (χ4v) is 2.03. The Morgan fingerprint density at radius 1 is 1.05 bits per heavy atom. The van der Waals surface area contributed by atoms with E-state index in [4.69, 9.17) is 5.73 Å². The van der Waals surface area contributed by atoms with Crippen LogP contribution < -0.4 is 5.73 Å². The van der Waals surface area contributed by atoms with Crippen molar-refractivity contribution >= 4 is 5.82 Å². The summed E-state index contributed by atoms with van der Waals surface area (Å²) >= 11 is 0. The molecule has 0 radical (unpaired) electrons. The van der Waals surface area contributed by atoms with E-state index in [1.54, 1.807) is 24.4 Å². The molecule has 2 aromatic heterocycles. The molecular weight excluding hydrogens is 262 g/mol. The number of H-pyrrole nitrogens is 1. The van der Waals surface area contributed by atoms with Crippen molar-refractivity contribution in [2.75, 3.05) is 5.73 Å². The van der Waals surface area contributed by atoms with Gasteiger partial charge in [-0.1, -0.05) is 6.07 Å². The molecule has 0 bridgehead atoms. The monoisotopic (exact) mass is 272 g/mol.